The van der Waals surface area contributed by atoms with E-state index in [0.717, 1.165) is 6.54 Å². The molecular weight excluding hydrogens is 296 g/mol. The summed E-state index contributed by atoms with van der Waals surface area (Å²) in [6.07, 6.45) is 1.59. The van der Waals surface area contributed by atoms with Crippen molar-refractivity contribution in [3.63, 3.8) is 0 Å². The molecule has 0 aromatic carbocycles. The molecule has 0 atom stereocenters. The van der Waals surface area contributed by atoms with E-state index < -0.39 is 0 Å². The first-order valence-electron chi connectivity index (χ1n) is 7.74. The third kappa shape index (κ3) is 4.88. The lowest BCUT2D eigenvalue weighted by atomic mass is 10.2. The first-order chi connectivity index (χ1) is 11.0. The zero-order valence-electron chi connectivity index (χ0n) is 13.9. The standard InChI is InChI=1S/C15H24N6O2/c1-12(22)20-8-10-21(11-9-20)14(23)13-4-5-16-15(18-13)17-6-7-19(2)3/h4-5H,6-11H2,1-3H3,(H,16,17,18). The summed E-state index contributed by atoms with van der Waals surface area (Å²) in [7, 11) is 3.98. The minimum Gasteiger partial charge on any atom is -0.353 e. The van der Waals surface area contributed by atoms with Gasteiger partial charge in [-0.3, -0.25) is 9.59 Å². The highest BCUT2D eigenvalue weighted by molar-refractivity contribution is 5.92. The lowest BCUT2D eigenvalue weighted by Gasteiger charge is -2.34. The number of carbonyl (C=O) groups is 2. The summed E-state index contributed by atoms with van der Waals surface area (Å²) in [5.74, 6) is 0.387. The van der Waals surface area contributed by atoms with Gasteiger partial charge in [-0.15, -0.1) is 0 Å². The van der Waals surface area contributed by atoms with Crippen molar-refractivity contribution < 1.29 is 9.59 Å². The van der Waals surface area contributed by atoms with Crippen LogP contribution in [0.1, 0.15) is 17.4 Å². The van der Waals surface area contributed by atoms with Crippen LogP contribution in [0.3, 0.4) is 0 Å². The summed E-state index contributed by atoms with van der Waals surface area (Å²) in [6, 6.07) is 1.62. The molecule has 1 saturated heterocycles. The fraction of sp³-hybridized carbons (Fsp3) is 0.600. The van der Waals surface area contributed by atoms with Gasteiger partial charge in [0.05, 0.1) is 0 Å². The number of nitrogens with zero attached hydrogens (tertiary/aromatic N) is 5. The van der Waals surface area contributed by atoms with Crippen LogP contribution in [0.2, 0.25) is 0 Å². The Hall–Kier alpha value is -2.22. The van der Waals surface area contributed by atoms with Crippen molar-refractivity contribution in [1.29, 1.82) is 0 Å². The monoisotopic (exact) mass is 320 g/mol. The molecule has 2 rings (SSSR count). The summed E-state index contributed by atoms with van der Waals surface area (Å²) in [5.41, 5.74) is 0.378. The van der Waals surface area contributed by atoms with Gasteiger partial charge in [-0.1, -0.05) is 0 Å². The zero-order chi connectivity index (χ0) is 16.8. The summed E-state index contributed by atoms with van der Waals surface area (Å²) in [6.45, 7) is 5.32. The van der Waals surface area contributed by atoms with Crippen LogP contribution in [0.15, 0.2) is 12.3 Å². The molecule has 126 valence electrons. The van der Waals surface area contributed by atoms with Gasteiger partial charge >= 0.3 is 0 Å². The molecule has 0 unspecified atom stereocenters. The van der Waals surface area contributed by atoms with Crippen LogP contribution in [0.25, 0.3) is 0 Å². The van der Waals surface area contributed by atoms with Crippen molar-refractivity contribution in [2.45, 2.75) is 6.92 Å². The van der Waals surface area contributed by atoms with Gasteiger partial charge in [0.25, 0.3) is 5.91 Å². The van der Waals surface area contributed by atoms with E-state index in [1.54, 1.807) is 29.0 Å². The van der Waals surface area contributed by atoms with Gasteiger partial charge < -0.3 is 20.0 Å². The molecule has 23 heavy (non-hydrogen) atoms. The van der Waals surface area contributed by atoms with Crippen LogP contribution < -0.4 is 5.32 Å². The highest BCUT2D eigenvalue weighted by Crippen LogP contribution is 2.08. The smallest absolute Gasteiger partial charge is 0.272 e. The van der Waals surface area contributed by atoms with Gasteiger partial charge in [0, 0.05) is 52.4 Å². The number of rotatable bonds is 5. The number of anilines is 1. The Morgan fingerprint density at radius 2 is 1.87 bits per heavy atom. The molecule has 1 aliphatic rings. The number of likely N-dealkylation sites (N-methyl/N-ethyl adjacent to an activating group) is 1. The van der Waals surface area contributed by atoms with Crippen LogP contribution in [-0.4, -0.2) is 89.8 Å². The Morgan fingerprint density at radius 3 is 2.48 bits per heavy atom. The minimum absolute atomic E-state index is 0.0477. The van der Waals surface area contributed by atoms with E-state index in [0.29, 0.717) is 44.4 Å². The second kappa shape index (κ2) is 7.87. The molecule has 1 aromatic rings. The predicted molar refractivity (Wildman–Crippen MR) is 87.2 cm³/mol. The van der Waals surface area contributed by atoms with Crippen molar-refractivity contribution >= 4 is 17.8 Å². The molecule has 1 aliphatic heterocycles. The van der Waals surface area contributed by atoms with E-state index in [-0.39, 0.29) is 11.8 Å². The Balaban J connectivity index is 1.93. The number of amides is 2. The highest BCUT2D eigenvalue weighted by Gasteiger charge is 2.24. The number of hydrogen-bond acceptors (Lipinski definition) is 6. The van der Waals surface area contributed by atoms with E-state index in [4.69, 9.17) is 0 Å². The molecule has 8 heteroatoms. The zero-order valence-corrected chi connectivity index (χ0v) is 13.9. The maximum Gasteiger partial charge on any atom is 0.272 e. The van der Waals surface area contributed by atoms with Crippen molar-refractivity contribution in [1.82, 2.24) is 24.7 Å². The maximum absolute atomic E-state index is 12.5. The average molecular weight is 320 g/mol. The summed E-state index contributed by atoms with van der Waals surface area (Å²) < 4.78 is 0. The lowest BCUT2D eigenvalue weighted by molar-refractivity contribution is -0.130. The van der Waals surface area contributed by atoms with E-state index in [9.17, 15) is 9.59 Å². The number of carbonyl (C=O) groups excluding carboxylic acids is 2. The van der Waals surface area contributed by atoms with Crippen molar-refractivity contribution in [3.05, 3.63) is 18.0 Å². The number of piperazine rings is 1. The Kier molecular flexibility index (Phi) is 5.86. The Morgan fingerprint density at radius 1 is 1.22 bits per heavy atom. The third-order valence-electron chi connectivity index (χ3n) is 3.73. The first kappa shape index (κ1) is 17.1. The van der Waals surface area contributed by atoms with E-state index in [2.05, 4.69) is 20.2 Å². The minimum atomic E-state index is -0.119. The predicted octanol–water partition coefficient (Wildman–Crippen LogP) is -0.246. The van der Waals surface area contributed by atoms with E-state index in [1.165, 1.54) is 0 Å². The van der Waals surface area contributed by atoms with Gasteiger partial charge in [-0.25, -0.2) is 9.97 Å². The largest absolute Gasteiger partial charge is 0.353 e. The van der Waals surface area contributed by atoms with Crippen LogP contribution in [0.5, 0.6) is 0 Å². The normalized spacial score (nSPS) is 15.0. The molecule has 8 nitrogen and oxygen atoms in total. The number of nitrogens with one attached hydrogen (secondary N) is 1. The van der Waals surface area contributed by atoms with Gasteiger partial charge in [-0.2, -0.15) is 0 Å². The lowest BCUT2D eigenvalue weighted by Crippen LogP contribution is -2.50. The van der Waals surface area contributed by atoms with E-state index in [1.807, 2.05) is 14.1 Å². The van der Waals surface area contributed by atoms with E-state index >= 15 is 0 Å². The molecular formula is C15H24N6O2. The Labute approximate surface area is 136 Å². The van der Waals surface area contributed by atoms with Crippen LogP contribution in [0.4, 0.5) is 5.95 Å². The molecule has 0 bridgehead atoms. The third-order valence-corrected chi connectivity index (χ3v) is 3.73. The molecule has 2 amide bonds. The molecule has 1 aromatic heterocycles. The van der Waals surface area contributed by atoms with Crippen LogP contribution >= 0.6 is 0 Å². The van der Waals surface area contributed by atoms with Gasteiger partial charge in [0.15, 0.2) is 0 Å². The fourth-order valence-electron chi connectivity index (χ4n) is 2.34. The molecule has 0 aliphatic carbocycles. The molecule has 0 spiro atoms. The summed E-state index contributed by atoms with van der Waals surface area (Å²) in [5, 5.41) is 3.11. The average Bonchev–Trinajstić information content (AvgIpc) is 2.54. The SMILES string of the molecule is CC(=O)N1CCN(C(=O)c2ccnc(NCCN(C)C)n2)CC1. The van der Waals surface area contributed by atoms with Gasteiger partial charge in [0.1, 0.15) is 5.69 Å². The second-order valence-corrected chi connectivity index (χ2v) is 5.79. The first-order valence-corrected chi connectivity index (χ1v) is 7.74. The Bertz CT molecular complexity index is 555. The summed E-state index contributed by atoms with van der Waals surface area (Å²) in [4.78, 5) is 37.8. The van der Waals surface area contributed by atoms with Crippen molar-refractivity contribution in [2.24, 2.45) is 0 Å². The fourth-order valence-corrected chi connectivity index (χ4v) is 2.34. The molecule has 1 N–H and O–H groups in total. The van der Waals surface area contributed by atoms with Crippen LogP contribution in [0, 0.1) is 0 Å². The van der Waals surface area contributed by atoms with Gasteiger partial charge in [0.2, 0.25) is 11.9 Å². The van der Waals surface area contributed by atoms with Crippen molar-refractivity contribution in [2.75, 3.05) is 58.7 Å². The molecule has 2 heterocycles. The topological polar surface area (TPSA) is 81.7 Å². The van der Waals surface area contributed by atoms with Gasteiger partial charge in [-0.05, 0) is 20.2 Å². The second-order valence-electron chi connectivity index (χ2n) is 5.79. The number of aromatic nitrogens is 2. The molecule has 0 radical (unpaired) electrons. The highest BCUT2D eigenvalue weighted by atomic mass is 16.2. The quantitative estimate of drug-likeness (QED) is 0.806. The van der Waals surface area contributed by atoms with Crippen LogP contribution in [-0.2, 0) is 4.79 Å². The molecule has 1 fully saturated rings. The van der Waals surface area contributed by atoms with Crippen molar-refractivity contribution in [3.8, 4) is 0 Å². The molecule has 0 saturated carbocycles. The maximum atomic E-state index is 12.5. The number of hydrogen-bond donors (Lipinski definition) is 1. The summed E-state index contributed by atoms with van der Waals surface area (Å²) >= 11 is 0.